The molecule has 0 fully saturated rings. The third kappa shape index (κ3) is 0.550. The Morgan fingerprint density at radius 2 is 2.60 bits per heavy atom. The minimum absolute atomic E-state index is 0.528. The summed E-state index contributed by atoms with van der Waals surface area (Å²) in [5.74, 6) is 1.42. The van der Waals surface area contributed by atoms with E-state index in [-0.39, 0.29) is 0 Å². The number of rotatable bonds is 1. The summed E-state index contributed by atoms with van der Waals surface area (Å²) in [7, 11) is 0. The lowest BCUT2D eigenvalue weighted by Gasteiger charge is -1.64. The number of hydrogen-bond acceptors (Lipinski definition) is 1. The molecule has 0 atom stereocenters. The zero-order valence-electron chi connectivity index (χ0n) is 2.57. The van der Waals surface area contributed by atoms with Gasteiger partial charge in [-0.3, -0.25) is 0 Å². The van der Waals surface area contributed by atoms with Crippen LogP contribution in [0.5, 0.6) is 0 Å². The third-order valence-electron chi connectivity index (χ3n) is 0.416. The van der Waals surface area contributed by atoms with Gasteiger partial charge in [0, 0.05) is 0 Å². The van der Waals surface area contributed by atoms with Crippen LogP contribution in [0.4, 0.5) is 0 Å². The molecule has 1 aliphatic rings. The maximum atomic E-state index is 5.21. The standard InChI is InChI=1S/C3H3ClO/c4-1-3-2-5-3/h2H,1H2. The molecule has 0 radical (unpaired) electrons. The van der Waals surface area contributed by atoms with Crippen LogP contribution >= 0.6 is 11.6 Å². The van der Waals surface area contributed by atoms with E-state index >= 15 is 0 Å². The summed E-state index contributed by atoms with van der Waals surface area (Å²) in [4.78, 5) is 0. The number of hydrogen-bond donors (Lipinski definition) is 0. The van der Waals surface area contributed by atoms with Gasteiger partial charge in [-0.05, 0) is 0 Å². The van der Waals surface area contributed by atoms with Crippen LogP contribution in [-0.2, 0) is 4.74 Å². The molecule has 28 valence electrons. The molecule has 0 aromatic heterocycles. The predicted octanol–water partition coefficient (Wildman–Crippen LogP) is 1.10. The first-order valence-corrected chi connectivity index (χ1v) is 1.88. The molecule has 0 saturated heterocycles. The van der Waals surface area contributed by atoms with Crippen LogP contribution < -0.4 is 0 Å². The highest BCUT2D eigenvalue weighted by molar-refractivity contribution is 6.19. The fourth-order valence-corrected chi connectivity index (χ4v) is 0.231. The number of alkyl halides is 1. The van der Waals surface area contributed by atoms with Crippen molar-refractivity contribution >= 4 is 11.6 Å². The second-order valence-electron chi connectivity index (χ2n) is 0.836. The van der Waals surface area contributed by atoms with Crippen LogP contribution in [0, 0.1) is 0 Å². The van der Waals surface area contributed by atoms with Crippen LogP contribution in [0.3, 0.4) is 0 Å². The Bertz CT molecular complexity index is 67.3. The highest BCUT2D eigenvalue weighted by Gasteiger charge is 2.04. The summed E-state index contributed by atoms with van der Waals surface area (Å²) in [6, 6.07) is 0. The smallest absolute Gasteiger partial charge is 0.153 e. The molecule has 0 bridgehead atoms. The molecule has 1 nitrogen and oxygen atoms in total. The van der Waals surface area contributed by atoms with Crippen molar-refractivity contribution in [1.29, 1.82) is 0 Å². The van der Waals surface area contributed by atoms with Crippen molar-refractivity contribution in [3.63, 3.8) is 0 Å². The second-order valence-corrected chi connectivity index (χ2v) is 1.10. The van der Waals surface area contributed by atoms with Crippen molar-refractivity contribution in [3.05, 3.63) is 12.0 Å². The Balaban J connectivity index is 2.22. The first kappa shape index (κ1) is 3.04. The van der Waals surface area contributed by atoms with Gasteiger partial charge in [0.05, 0.1) is 5.88 Å². The molecule has 0 aromatic carbocycles. The van der Waals surface area contributed by atoms with Gasteiger partial charge >= 0.3 is 0 Å². The normalized spacial score (nSPS) is 16.6. The maximum absolute atomic E-state index is 5.21. The molecular weight excluding hydrogens is 87.5 g/mol. The summed E-state index contributed by atoms with van der Waals surface area (Å²) < 4.78 is 4.52. The van der Waals surface area contributed by atoms with Gasteiger partial charge in [0.2, 0.25) is 0 Å². The molecule has 0 aliphatic carbocycles. The Labute approximate surface area is 35.2 Å². The maximum Gasteiger partial charge on any atom is 0.153 e. The van der Waals surface area contributed by atoms with Crippen molar-refractivity contribution in [2.75, 3.05) is 5.88 Å². The Morgan fingerprint density at radius 3 is 2.60 bits per heavy atom. The average Bonchev–Trinajstić information content (AvgIpc) is 2.12. The minimum atomic E-state index is 0.528. The monoisotopic (exact) mass is 90.0 g/mol. The van der Waals surface area contributed by atoms with Crippen LogP contribution in [0.15, 0.2) is 12.0 Å². The summed E-state index contributed by atoms with van der Waals surface area (Å²) in [6.07, 6.45) is 1.63. The van der Waals surface area contributed by atoms with Gasteiger partial charge in [0.25, 0.3) is 0 Å². The van der Waals surface area contributed by atoms with E-state index in [4.69, 9.17) is 11.6 Å². The largest absolute Gasteiger partial charge is 0.461 e. The molecule has 0 spiro atoms. The third-order valence-corrected chi connectivity index (χ3v) is 0.680. The zero-order chi connectivity index (χ0) is 3.70. The Morgan fingerprint density at radius 1 is 2.00 bits per heavy atom. The number of allylic oxidation sites excluding steroid dienone is 1. The van der Waals surface area contributed by atoms with Crippen LogP contribution in [0.1, 0.15) is 0 Å². The van der Waals surface area contributed by atoms with Crippen molar-refractivity contribution < 1.29 is 4.74 Å². The quantitative estimate of drug-likeness (QED) is 0.439. The highest BCUT2D eigenvalue weighted by Crippen LogP contribution is 2.12. The summed E-state index contributed by atoms with van der Waals surface area (Å²) >= 11 is 5.21. The molecule has 1 aliphatic heterocycles. The van der Waals surface area contributed by atoms with Gasteiger partial charge in [-0.1, -0.05) is 0 Å². The van der Waals surface area contributed by atoms with Crippen molar-refractivity contribution in [3.8, 4) is 0 Å². The van der Waals surface area contributed by atoms with Gasteiger partial charge < -0.3 is 4.74 Å². The molecule has 0 unspecified atom stereocenters. The molecule has 1 rings (SSSR count). The fraction of sp³-hybridized carbons (Fsp3) is 0.333. The average molecular weight is 90.5 g/mol. The van der Waals surface area contributed by atoms with Crippen LogP contribution in [-0.4, -0.2) is 5.88 Å². The molecule has 1 heterocycles. The van der Waals surface area contributed by atoms with E-state index in [1.807, 2.05) is 0 Å². The van der Waals surface area contributed by atoms with Gasteiger partial charge in [-0.2, -0.15) is 0 Å². The molecule has 2 heteroatoms. The van der Waals surface area contributed by atoms with Crippen LogP contribution in [0.2, 0.25) is 0 Å². The van der Waals surface area contributed by atoms with Gasteiger partial charge in [-0.15, -0.1) is 11.6 Å². The van der Waals surface area contributed by atoms with Gasteiger partial charge in [0.1, 0.15) is 6.26 Å². The summed E-state index contributed by atoms with van der Waals surface area (Å²) in [6.45, 7) is 0. The van der Waals surface area contributed by atoms with E-state index in [1.165, 1.54) is 0 Å². The first-order chi connectivity index (χ1) is 2.43. The lowest BCUT2D eigenvalue weighted by Crippen LogP contribution is -1.58. The van der Waals surface area contributed by atoms with Crippen molar-refractivity contribution in [2.24, 2.45) is 0 Å². The predicted molar refractivity (Wildman–Crippen MR) is 19.9 cm³/mol. The van der Waals surface area contributed by atoms with E-state index in [9.17, 15) is 0 Å². The van der Waals surface area contributed by atoms with Crippen molar-refractivity contribution in [2.45, 2.75) is 0 Å². The first-order valence-electron chi connectivity index (χ1n) is 1.35. The number of halogens is 1. The molecule has 0 amide bonds. The summed E-state index contributed by atoms with van der Waals surface area (Å²) in [5.41, 5.74) is 0. The van der Waals surface area contributed by atoms with E-state index in [0.29, 0.717) is 5.88 Å². The molecule has 0 aromatic rings. The Kier molecular flexibility index (Phi) is 0.548. The Hall–Kier alpha value is -0.170. The van der Waals surface area contributed by atoms with Gasteiger partial charge in [-0.25, -0.2) is 0 Å². The fourth-order valence-electron chi connectivity index (χ4n) is 0.105. The lowest BCUT2D eigenvalue weighted by atomic mass is 10.8. The minimum Gasteiger partial charge on any atom is -0.461 e. The topological polar surface area (TPSA) is 12.5 Å². The van der Waals surface area contributed by atoms with E-state index in [1.54, 1.807) is 6.26 Å². The van der Waals surface area contributed by atoms with E-state index in [0.717, 1.165) is 5.76 Å². The van der Waals surface area contributed by atoms with Crippen molar-refractivity contribution in [1.82, 2.24) is 0 Å². The molecule has 0 saturated carbocycles. The van der Waals surface area contributed by atoms with E-state index < -0.39 is 0 Å². The van der Waals surface area contributed by atoms with E-state index in [2.05, 4.69) is 4.74 Å². The van der Waals surface area contributed by atoms with Crippen LogP contribution in [0.25, 0.3) is 0 Å². The number of ether oxygens (including phenoxy) is 1. The highest BCUT2D eigenvalue weighted by atomic mass is 35.5. The SMILES string of the molecule is ClCC1=CO1. The molecule has 0 N–H and O–H groups in total. The summed E-state index contributed by atoms with van der Waals surface area (Å²) in [5, 5.41) is 0. The zero-order valence-corrected chi connectivity index (χ0v) is 3.33. The van der Waals surface area contributed by atoms with Gasteiger partial charge in [0.15, 0.2) is 5.76 Å². The molecule has 5 heavy (non-hydrogen) atoms. The lowest BCUT2D eigenvalue weighted by molar-refractivity contribution is 0.505. The molecular formula is C3H3ClO. The second kappa shape index (κ2) is 0.902.